The molecule has 4 N–H and O–H groups in total. The molecular formula is C20H20N2O5. The Morgan fingerprint density at radius 2 is 1.81 bits per heavy atom. The largest absolute Gasteiger partial charge is 0.481 e. The number of carbonyl (C=O) groups excluding carboxylic acids is 1. The molecule has 1 aromatic carbocycles. The Bertz CT molecular complexity index is 947. The van der Waals surface area contributed by atoms with Crippen LogP contribution in [-0.4, -0.2) is 39.1 Å². The van der Waals surface area contributed by atoms with Crippen molar-refractivity contribution in [1.29, 1.82) is 0 Å². The van der Waals surface area contributed by atoms with E-state index in [1.54, 1.807) is 6.20 Å². The van der Waals surface area contributed by atoms with Gasteiger partial charge in [-0.05, 0) is 29.9 Å². The van der Waals surface area contributed by atoms with Crippen LogP contribution in [0.5, 0.6) is 0 Å². The van der Waals surface area contributed by atoms with Crippen molar-refractivity contribution in [2.75, 3.05) is 0 Å². The van der Waals surface area contributed by atoms with E-state index in [4.69, 9.17) is 0 Å². The molecule has 1 fully saturated rings. The number of nitrogens with one attached hydrogen (secondary N) is 2. The zero-order chi connectivity index (χ0) is 19.1. The fourth-order valence-electron chi connectivity index (χ4n) is 4.50. The topological polar surface area (TPSA) is 119 Å². The van der Waals surface area contributed by atoms with Crippen LogP contribution < -0.4 is 5.32 Å². The van der Waals surface area contributed by atoms with Crippen molar-refractivity contribution in [2.24, 2.45) is 23.7 Å². The predicted molar refractivity (Wildman–Crippen MR) is 96.9 cm³/mol. The normalized spacial score (nSPS) is 27.0. The number of carbonyl (C=O) groups is 3. The van der Waals surface area contributed by atoms with E-state index in [1.807, 2.05) is 36.4 Å². The van der Waals surface area contributed by atoms with Crippen LogP contribution >= 0.6 is 0 Å². The van der Waals surface area contributed by atoms with Gasteiger partial charge in [0.1, 0.15) is 6.04 Å². The molecule has 4 rings (SSSR count). The zero-order valence-corrected chi connectivity index (χ0v) is 14.5. The molecular weight excluding hydrogens is 348 g/mol. The second-order valence-corrected chi connectivity index (χ2v) is 7.30. The van der Waals surface area contributed by atoms with Crippen molar-refractivity contribution in [3.63, 3.8) is 0 Å². The van der Waals surface area contributed by atoms with E-state index in [2.05, 4.69) is 10.3 Å². The minimum atomic E-state index is -1.14. The van der Waals surface area contributed by atoms with Crippen molar-refractivity contribution in [1.82, 2.24) is 10.3 Å². The number of allylic oxidation sites excluding steroid dienone is 2. The van der Waals surface area contributed by atoms with Crippen LogP contribution in [0.25, 0.3) is 10.9 Å². The summed E-state index contributed by atoms with van der Waals surface area (Å²) in [5.74, 6) is -4.44. The molecule has 0 spiro atoms. The van der Waals surface area contributed by atoms with E-state index >= 15 is 0 Å². The van der Waals surface area contributed by atoms with Gasteiger partial charge in [-0.1, -0.05) is 30.4 Å². The van der Waals surface area contributed by atoms with Crippen molar-refractivity contribution in [2.45, 2.75) is 18.9 Å². The van der Waals surface area contributed by atoms with Crippen LogP contribution in [0.2, 0.25) is 0 Å². The van der Waals surface area contributed by atoms with Crippen molar-refractivity contribution >= 4 is 28.7 Å². The maximum atomic E-state index is 12.8. The average Bonchev–Trinajstić information content (AvgIpc) is 3.35. The first-order chi connectivity index (χ1) is 13.0. The van der Waals surface area contributed by atoms with E-state index < -0.39 is 35.7 Å². The molecule has 1 heterocycles. The minimum Gasteiger partial charge on any atom is -0.481 e. The summed E-state index contributed by atoms with van der Waals surface area (Å²) < 4.78 is 0. The second-order valence-electron chi connectivity index (χ2n) is 7.30. The van der Waals surface area contributed by atoms with Gasteiger partial charge in [-0.15, -0.1) is 0 Å². The van der Waals surface area contributed by atoms with Crippen LogP contribution in [0.4, 0.5) is 0 Å². The molecule has 0 unspecified atom stereocenters. The number of carboxylic acid groups (broad SMARTS) is 2. The molecule has 2 aliphatic rings. The summed E-state index contributed by atoms with van der Waals surface area (Å²) in [7, 11) is 0. The molecule has 2 bridgehead atoms. The number of aromatic nitrogens is 1. The first kappa shape index (κ1) is 17.3. The monoisotopic (exact) mass is 368 g/mol. The summed E-state index contributed by atoms with van der Waals surface area (Å²) in [4.78, 5) is 39.2. The summed E-state index contributed by atoms with van der Waals surface area (Å²) in [6.45, 7) is 0. The molecule has 0 saturated heterocycles. The fourth-order valence-corrected chi connectivity index (χ4v) is 4.50. The van der Waals surface area contributed by atoms with Gasteiger partial charge in [0.2, 0.25) is 5.91 Å². The molecule has 0 radical (unpaired) electrons. The van der Waals surface area contributed by atoms with Crippen LogP contribution in [-0.2, 0) is 20.8 Å². The molecule has 140 valence electrons. The number of hydrogen-bond donors (Lipinski definition) is 4. The van der Waals surface area contributed by atoms with Gasteiger partial charge in [-0.2, -0.15) is 0 Å². The van der Waals surface area contributed by atoms with Gasteiger partial charge >= 0.3 is 11.9 Å². The second kappa shape index (κ2) is 6.57. The maximum Gasteiger partial charge on any atom is 0.326 e. The summed E-state index contributed by atoms with van der Waals surface area (Å²) in [6, 6.07) is 6.42. The van der Waals surface area contributed by atoms with E-state index in [-0.39, 0.29) is 18.3 Å². The molecule has 7 heteroatoms. The lowest BCUT2D eigenvalue weighted by Gasteiger charge is -2.25. The van der Waals surface area contributed by atoms with Crippen molar-refractivity contribution < 1.29 is 24.6 Å². The van der Waals surface area contributed by atoms with Gasteiger partial charge in [0, 0.05) is 23.5 Å². The molecule has 1 aromatic heterocycles. The highest BCUT2D eigenvalue weighted by atomic mass is 16.4. The zero-order valence-electron chi connectivity index (χ0n) is 14.5. The van der Waals surface area contributed by atoms with Gasteiger partial charge in [0.05, 0.1) is 11.8 Å². The first-order valence-electron chi connectivity index (χ1n) is 8.95. The third kappa shape index (κ3) is 2.99. The highest BCUT2D eigenvalue weighted by molar-refractivity contribution is 5.90. The van der Waals surface area contributed by atoms with Gasteiger partial charge in [0.15, 0.2) is 0 Å². The van der Waals surface area contributed by atoms with E-state index in [1.165, 1.54) is 0 Å². The van der Waals surface area contributed by atoms with Crippen molar-refractivity contribution in [3.8, 4) is 0 Å². The highest BCUT2D eigenvalue weighted by Crippen LogP contribution is 2.48. The van der Waals surface area contributed by atoms with E-state index in [0.29, 0.717) is 6.42 Å². The number of fused-ring (bicyclic) bond motifs is 3. The Kier molecular flexibility index (Phi) is 4.22. The molecule has 1 amide bonds. The number of H-pyrrole nitrogens is 1. The standard InChI is InChI=1S/C20H20N2O5/c23-18(16-10-5-6-11(7-10)17(16)20(26)27)22-15(19(24)25)8-12-9-21-14-4-2-1-3-13(12)14/h1-6,9-11,15-17,21H,7-8H2,(H,22,23)(H,24,25)(H,26,27)/t10-,11-,15+,16+,17-/m0/s1. The van der Waals surface area contributed by atoms with Crippen LogP contribution in [0.15, 0.2) is 42.6 Å². The molecule has 27 heavy (non-hydrogen) atoms. The summed E-state index contributed by atoms with van der Waals surface area (Å²) >= 11 is 0. The van der Waals surface area contributed by atoms with Crippen LogP contribution in [0.1, 0.15) is 12.0 Å². The number of amides is 1. The molecule has 5 atom stereocenters. The van der Waals surface area contributed by atoms with Gasteiger partial charge in [-0.3, -0.25) is 9.59 Å². The highest BCUT2D eigenvalue weighted by Gasteiger charge is 2.52. The smallest absolute Gasteiger partial charge is 0.326 e. The SMILES string of the molecule is O=C(O)[C@@H]1[C@H](C(=O)N[C@H](Cc2c[nH]c3ccccc23)C(=O)O)[C@H]2C=C[C@H]1C2. The number of aliphatic carboxylic acids is 2. The Balaban J connectivity index is 1.53. The van der Waals surface area contributed by atoms with E-state index in [0.717, 1.165) is 16.5 Å². The maximum absolute atomic E-state index is 12.8. The number of rotatable bonds is 6. The number of benzene rings is 1. The predicted octanol–water partition coefficient (Wildman–Crippen LogP) is 1.80. The third-order valence-corrected chi connectivity index (χ3v) is 5.76. The minimum absolute atomic E-state index is 0.124. The summed E-state index contributed by atoms with van der Waals surface area (Å²) in [5.41, 5.74) is 1.69. The quantitative estimate of drug-likeness (QED) is 0.580. The number of carboxylic acids is 2. The average molecular weight is 368 g/mol. The summed E-state index contributed by atoms with van der Waals surface area (Å²) in [6.07, 6.45) is 6.24. The first-order valence-corrected chi connectivity index (χ1v) is 8.95. The number of hydrogen-bond acceptors (Lipinski definition) is 3. The number of para-hydroxylation sites is 1. The lowest BCUT2D eigenvalue weighted by Crippen LogP contribution is -2.48. The summed E-state index contributed by atoms with van der Waals surface area (Å²) in [5, 5.41) is 22.6. The molecule has 7 nitrogen and oxygen atoms in total. The Morgan fingerprint density at radius 1 is 1.11 bits per heavy atom. The Hall–Kier alpha value is -3.09. The molecule has 0 aliphatic heterocycles. The molecule has 2 aliphatic carbocycles. The third-order valence-electron chi connectivity index (χ3n) is 5.76. The van der Waals surface area contributed by atoms with Crippen LogP contribution in [0.3, 0.4) is 0 Å². The Labute approximate surface area is 155 Å². The molecule has 1 saturated carbocycles. The number of aromatic amines is 1. The Morgan fingerprint density at radius 3 is 2.52 bits per heavy atom. The lowest BCUT2D eigenvalue weighted by molar-refractivity contribution is -0.148. The van der Waals surface area contributed by atoms with Gasteiger partial charge < -0.3 is 20.5 Å². The lowest BCUT2D eigenvalue weighted by atomic mass is 9.82. The molecule has 2 aromatic rings. The van der Waals surface area contributed by atoms with E-state index in [9.17, 15) is 24.6 Å². The fraction of sp³-hybridized carbons (Fsp3) is 0.350. The van der Waals surface area contributed by atoms with Gasteiger partial charge in [0.25, 0.3) is 0 Å². The van der Waals surface area contributed by atoms with Crippen molar-refractivity contribution in [3.05, 3.63) is 48.2 Å². The van der Waals surface area contributed by atoms with Gasteiger partial charge in [-0.25, -0.2) is 4.79 Å². The van der Waals surface area contributed by atoms with Crippen LogP contribution in [0, 0.1) is 23.7 Å².